The summed E-state index contributed by atoms with van der Waals surface area (Å²) in [6.45, 7) is 1.61. The van der Waals surface area contributed by atoms with Gasteiger partial charge in [-0.05, 0) is 6.92 Å². The Morgan fingerprint density at radius 3 is 2.60 bits per heavy atom. The molecule has 1 rings (SSSR count). The molecule has 10 heavy (non-hydrogen) atoms. The van der Waals surface area contributed by atoms with Crippen LogP contribution in [0.3, 0.4) is 0 Å². The van der Waals surface area contributed by atoms with Crippen LogP contribution < -0.4 is 5.56 Å². The summed E-state index contributed by atoms with van der Waals surface area (Å²) >= 11 is 0. The van der Waals surface area contributed by atoms with E-state index in [0.717, 1.165) is 0 Å². The highest BCUT2D eigenvalue weighted by Gasteiger charge is 2.04. The highest BCUT2D eigenvalue weighted by Crippen LogP contribution is 1.83. The van der Waals surface area contributed by atoms with Crippen molar-refractivity contribution >= 4 is 6.09 Å². The summed E-state index contributed by atoms with van der Waals surface area (Å²) < 4.78 is 0.523. The average molecular weight is 142 g/mol. The van der Waals surface area contributed by atoms with Crippen LogP contribution in [0, 0.1) is 6.92 Å². The number of carboxylic acid groups (broad SMARTS) is 1. The van der Waals surface area contributed by atoms with E-state index in [4.69, 9.17) is 5.11 Å². The third kappa shape index (κ3) is 0.928. The van der Waals surface area contributed by atoms with Crippen LogP contribution in [0.4, 0.5) is 4.79 Å². The first-order chi connectivity index (χ1) is 4.61. The average Bonchev–Trinajstić information content (AvgIpc) is 2.10. The van der Waals surface area contributed by atoms with E-state index in [-0.39, 0.29) is 0 Å². The van der Waals surface area contributed by atoms with E-state index < -0.39 is 11.7 Å². The van der Waals surface area contributed by atoms with Gasteiger partial charge in [0.2, 0.25) is 0 Å². The van der Waals surface area contributed by atoms with E-state index in [1.54, 1.807) is 6.92 Å². The van der Waals surface area contributed by atoms with Crippen molar-refractivity contribution < 1.29 is 9.90 Å². The lowest BCUT2D eigenvalue weighted by Crippen LogP contribution is -2.22. The second-order valence-electron chi connectivity index (χ2n) is 1.90. The van der Waals surface area contributed by atoms with Gasteiger partial charge in [-0.2, -0.15) is 4.68 Å². The van der Waals surface area contributed by atoms with Gasteiger partial charge in [0.1, 0.15) is 0 Å². The molecule has 0 aliphatic heterocycles. The number of aromatic amines is 1. The maximum Gasteiger partial charge on any atom is 0.433 e. The van der Waals surface area contributed by atoms with Crippen molar-refractivity contribution in [3.63, 3.8) is 0 Å². The molecule has 0 atom stereocenters. The maximum atomic E-state index is 10.6. The zero-order chi connectivity index (χ0) is 7.72. The van der Waals surface area contributed by atoms with E-state index in [1.807, 2.05) is 0 Å². The zero-order valence-corrected chi connectivity index (χ0v) is 5.29. The quantitative estimate of drug-likeness (QED) is 0.535. The fraction of sp³-hybridized carbons (Fsp3) is 0.200. The number of hydrogen-bond acceptors (Lipinski definition) is 2. The molecule has 0 aromatic carbocycles. The lowest BCUT2D eigenvalue weighted by Gasteiger charge is -1.88. The molecule has 0 saturated heterocycles. The van der Waals surface area contributed by atoms with E-state index in [0.29, 0.717) is 10.4 Å². The molecule has 0 fully saturated rings. The predicted octanol–water partition coefficient (Wildman–Crippen LogP) is 0.0109. The van der Waals surface area contributed by atoms with Crippen molar-refractivity contribution in [2.75, 3.05) is 0 Å². The molecule has 0 spiro atoms. The summed E-state index contributed by atoms with van der Waals surface area (Å²) in [5, 5.41) is 10.7. The molecule has 0 unspecified atom stereocenters. The lowest BCUT2D eigenvalue weighted by atomic mass is 10.5. The third-order valence-corrected chi connectivity index (χ3v) is 1.04. The van der Waals surface area contributed by atoms with Crippen LogP contribution in [0.5, 0.6) is 0 Å². The number of aryl methyl sites for hydroxylation is 1. The van der Waals surface area contributed by atoms with E-state index in [2.05, 4.69) is 5.10 Å². The fourth-order valence-corrected chi connectivity index (χ4v) is 0.656. The van der Waals surface area contributed by atoms with Crippen LogP contribution in [0.15, 0.2) is 10.9 Å². The Morgan fingerprint density at radius 1 is 1.80 bits per heavy atom. The summed E-state index contributed by atoms with van der Waals surface area (Å²) in [5.41, 5.74) is -0.0163. The van der Waals surface area contributed by atoms with Crippen LogP contribution in [0.25, 0.3) is 0 Å². The maximum absolute atomic E-state index is 10.6. The minimum Gasteiger partial charge on any atom is -0.463 e. The van der Waals surface area contributed by atoms with Crippen molar-refractivity contribution in [3.05, 3.63) is 22.1 Å². The number of rotatable bonds is 0. The van der Waals surface area contributed by atoms with E-state index in [1.165, 1.54) is 6.07 Å². The van der Waals surface area contributed by atoms with Gasteiger partial charge < -0.3 is 5.11 Å². The zero-order valence-electron chi connectivity index (χ0n) is 5.29. The van der Waals surface area contributed by atoms with Gasteiger partial charge in [0, 0.05) is 11.8 Å². The number of nitrogens with zero attached hydrogens (tertiary/aromatic N) is 1. The molecule has 0 bridgehead atoms. The Kier molecular flexibility index (Phi) is 1.33. The summed E-state index contributed by atoms with van der Waals surface area (Å²) in [5.74, 6) is 0. The molecule has 2 N–H and O–H groups in total. The van der Waals surface area contributed by atoms with E-state index >= 15 is 0 Å². The third-order valence-electron chi connectivity index (χ3n) is 1.04. The molecule has 5 heteroatoms. The Bertz CT molecular complexity index is 309. The molecule has 5 nitrogen and oxygen atoms in total. The molecule has 0 radical (unpaired) electrons. The number of aromatic nitrogens is 2. The molecular formula is C5H6N2O3. The van der Waals surface area contributed by atoms with Crippen LogP contribution in [0.1, 0.15) is 5.69 Å². The van der Waals surface area contributed by atoms with Gasteiger partial charge in [-0.15, -0.1) is 0 Å². The van der Waals surface area contributed by atoms with Gasteiger partial charge in [-0.1, -0.05) is 0 Å². The first kappa shape index (κ1) is 6.60. The van der Waals surface area contributed by atoms with Gasteiger partial charge in [0.25, 0.3) is 5.56 Å². The van der Waals surface area contributed by atoms with Gasteiger partial charge in [-0.3, -0.25) is 9.89 Å². The predicted molar refractivity (Wildman–Crippen MR) is 33.2 cm³/mol. The first-order valence-electron chi connectivity index (χ1n) is 2.63. The molecule has 1 heterocycles. The Hall–Kier alpha value is -1.52. The monoisotopic (exact) mass is 142 g/mol. The first-order valence-corrected chi connectivity index (χ1v) is 2.63. The molecule has 1 aromatic rings. The van der Waals surface area contributed by atoms with Gasteiger partial charge >= 0.3 is 6.09 Å². The SMILES string of the molecule is Cc1cc(=O)n(C(=O)O)[nH]1. The van der Waals surface area contributed by atoms with Gasteiger partial charge in [-0.25, -0.2) is 4.79 Å². The van der Waals surface area contributed by atoms with Crippen LogP contribution in [-0.2, 0) is 0 Å². The second kappa shape index (κ2) is 2.02. The summed E-state index contributed by atoms with van der Waals surface area (Å²) in [6, 6.07) is 1.22. The van der Waals surface area contributed by atoms with Gasteiger partial charge in [0.05, 0.1) is 0 Å². The molecule has 0 aliphatic carbocycles. The molecule has 1 aromatic heterocycles. The van der Waals surface area contributed by atoms with Gasteiger partial charge in [0.15, 0.2) is 0 Å². The second-order valence-corrected chi connectivity index (χ2v) is 1.90. The van der Waals surface area contributed by atoms with Crippen LogP contribution >= 0.6 is 0 Å². The summed E-state index contributed by atoms with van der Waals surface area (Å²) in [4.78, 5) is 20.8. The molecule has 0 saturated carbocycles. The van der Waals surface area contributed by atoms with Crippen LogP contribution in [-0.4, -0.2) is 21.0 Å². The number of H-pyrrole nitrogens is 1. The minimum absolute atomic E-state index is 0.523. The molecule has 0 amide bonds. The van der Waals surface area contributed by atoms with E-state index in [9.17, 15) is 9.59 Å². The summed E-state index contributed by atoms with van der Waals surface area (Å²) in [6.07, 6.45) is -1.29. The lowest BCUT2D eigenvalue weighted by molar-refractivity contribution is 0.191. The smallest absolute Gasteiger partial charge is 0.433 e. The number of nitrogens with one attached hydrogen (secondary N) is 1. The van der Waals surface area contributed by atoms with Crippen molar-refractivity contribution in [1.29, 1.82) is 0 Å². The molecule has 0 aliphatic rings. The highest BCUT2D eigenvalue weighted by atomic mass is 16.4. The number of carbonyl (C=O) groups is 1. The Labute approximate surface area is 55.9 Å². The number of hydrogen-bond donors (Lipinski definition) is 2. The topological polar surface area (TPSA) is 75.1 Å². The fourth-order valence-electron chi connectivity index (χ4n) is 0.656. The Balaban J connectivity index is 3.29. The van der Waals surface area contributed by atoms with Crippen LogP contribution in [0.2, 0.25) is 0 Å². The van der Waals surface area contributed by atoms with Crippen molar-refractivity contribution in [2.45, 2.75) is 6.92 Å². The molecular weight excluding hydrogens is 136 g/mol. The highest BCUT2D eigenvalue weighted by molar-refractivity contribution is 5.66. The van der Waals surface area contributed by atoms with Crippen molar-refractivity contribution in [1.82, 2.24) is 9.78 Å². The Morgan fingerprint density at radius 2 is 2.40 bits per heavy atom. The van der Waals surface area contributed by atoms with Crippen molar-refractivity contribution in [2.24, 2.45) is 0 Å². The van der Waals surface area contributed by atoms with Crippen molar-refractivity contribution in [3.8, 4) is 0 Å². The standard InChI is InChI=1S/C5H6N2O3/c1-3-2-4(8)7(6-3)5(9)10/h2,6H,1H3,(H,9,10). The molecule has 54 valence electrons. The minimum atomic E-state index is -1.29. The normalized spacial score (nSPS) is 9.70. The largest absolute Gasteiger partial charge is 0.463 e. The summed E-state index contributed by atoms with van der Waals surface area (Å²) in [7, 11) is 0.